The second-order valence-electron chi connectivity index (χ2n) is 3.77. The Hall–Kier alpha value is -2.30. The van der Waals surface area contributed by atoms with Crippen molar-refractivity contribution < 1.29 is 0 Å². The zero-order valence-corrected chi connectivity index (χ0v) is 10.5. The van der Waals surface area contributed by atoms with Gasteiger partial charge in [-0.05, 0) is 13.3 Å². The number of hydrogen-bond donors (Lipinski definition) is 1. The number of aromatic nitrogens is 3. The van der Waals surface area contributed by atoms with Crippen LogP contribution in [0.2, 0.25) is 0 Å². The third kappa shape index (κ3) is 2.88. The van der Waals surface area contributed by atoms with Crippen LogP contribution >= 0.6 is 0 Å². The molecule has 0 spiro atoms. The summed E-state index contributed by atoms with van der Waals surface area (Å²) in [5.74, 6) is 0.414. The molecule has 1 aromatic heterocycles. The van der Waals surface area contributed by atoms with Crippen LogP contribution < -0.4 is 5.43 Å². The van der Waals surface area contributed by atoms with Gasteiger partial charge in [0.2, 0.25) is 0 Å². The Balaban J connectivity index is 2.23. The maximum atomic E-state index is 4.32. The molecule has 18 heavy (non-hydrogen) atoms. The van der Waals surface area contributed by atoms with E-state index in [2.05, 4.69) is 25.7 Å². The molecular weight excluding hydrogens is 226 g/mol. The topological polar surface area (TPSA) is 63.1 Å². The van der Waals surface area contributed by atoms with Crippen molar-refractivity contribution in [1.82, 2.24) is 15.2 Å². The summed E-state index contributed by atoms with van der Waals surface area (Å²) in [6.45, 7) is 3.92. The van der Waals surface area contributed by atoms with Crippen LogP contribution in [0.3, 0.4) is 0 Å². The summed E-state index contributed by atoms with van der Waals surface area (Å²) < 4.78 is 0. The van der Waals surface area contributed by atoms with Gasteiger partial charge in [-0.2, -0.15) is 5.10 Å². The van der Waals surface area contributed by atoms with Crippen molar-refractivity contribution in [3.8, 4) is 11.3 Å². The van der Waals surface area contributed by atoms with Gasteiger partial charge in [0, 0.05) is 11.8 Å². The average molecular weight is 241 g/mol. The predicted molar refractivity (Wildman–Crippen MR) is 72.4 cm³/mol. The summed E-state index contributed by atoms with van der Waals surface area (Å²) in [6, 6.07) is 9.87. The minimum atomic E-state index is 0.414. The lowest BCUT2D eigenvalue weighted by molar-refractivity contribution is 0.942. The fourth-order valence-corrected chi connectivity index (χ4v) is 1.51. The van der Waals surface area contributed by atoms with E-state index in [1.54, 1.807) is 6.21 Å². The molecule has 0 fully saturated rings. The first kappa shape index (κ1) is 12.2. The highest BCUT2D eigenvalue weighted by atomic mass is 15.4. The summed E-state index contributed by atoms with van der Waals surface area (Å²) >= 11 is 0. The van der Waals surface area contributed by atoms with E-state index >= 15 is 0 Å². The summed E-state index contributed by atoms with van der Waals surface area (Å²) in [4.78, 5) is 4.32. The summed E-state index contributed by atoms with van der Waals surface area (Å²) in [5.41, 5.74) is 5.38. The zero-order valence-electron chi connectivity index (χ0n) is 10.5. The van der Waals surface area contributed by atoms with Crippen molar-refractivity contribution in [3.63, 3.8) is 0 Å². The Kier molecular flexibility index (Phi) is 3.96. The second-order valence-corrected chi connectivity index (χ2v) is 3.77. The second kappa shape index (κ2) is 5.86. The average Bonchev–Trinajstić information content (AvgIpc) is 2.40. The number of hydrogen-bond acceptors (Lipinski definition) is 5. The van der Waals surface area contributed by atoms with Gasteiger partial charge in [0.15, 0.2) is 0 Å². The zero-order chi connectivity index (χ0) is 12.8. The molecule has 5 nitrogen and oxygen atoms in total. The van der Waals surface area contributed by atoms with Crippen molar-refractivity contribution >= 4 is 12.2 Å². The predicted octanol–water partition coefficient (Wildman–Crippen LogP) is 2.65. The van der Waals surface area contributed by atoms with E-state index in [0.29, 0.717) is 5.95 Å². The molecule has 0 bridgehead atoms. The Morgan fingerprint density at radius 1 is 1.22 bits per heavy atom. The number of anilines is 1. The van der Waals surface area contributed by atoms with E-state index in [-0.39, 0.29) is 0 Å². The molecule has 0 radical (unpaired) electrons. The lowest BCUT2D eigenvalue weighted by Crippen LogP contribution is -2.02. The lowest BCUT2D eigenvalue weighted by Gasteiger charge is -2.04. The maximum absolute atomic E-state index is 4.32. The molecular formula is C13H15N5. The van der Waals surface area contributed by atoms with Crippen LogP contribution in [0.5, 0.6) is 0 Å². The van der Waals surface area contributed by atoms with Crippen LogP contribution in [-0.4, -0.2) is 21.4 Å². The molecule has 0 unspecified atom stereocenters. The normalized spacial score (nSPS) is 10.8. The van der Waals surface area contributed by atoms with Crippen LogP contribution in [0, 0.1) is 6.92 Å². The summed E-state index contributed by atoms with van der Waals surface area (Å²) in [5, 5.41) is 12.1. The van der Waals surface area contributed by atoms with Crippen molar-refractivity contribution in [3.05, 3.63) is 36.0 Å². The first-order chi connectivity index (χ1) is 8.81. The Bertz CT molecular complexity index is 536. The maximum Gasteiger partial charge on any atom is 0.263 e. The Morgan fingerprint density at radius 3 is 2.67 bits per heavy atom. The molecule has 0 amide bonds. The first-order valence-electron chi connectivity index (χ1n) is 5.85. The van der Waals surface area contributed by atoms with Gasteiger partial charge in [0.05, 0.1) is 5.69 Å². The minimum absolute atomic E-state index is 0.414. The summed E-state index contributed by atoms with van der Waals surface area (Å²) in [7, 11) is 0. The van der Waals surface area contributed by atoms with E-state index in [1.807, 2.05) is 44.2 Å². The smallest absolute Gasteiger partial charge is 0.244 e. The van der Waals surface area contributed by atoms with Crippen LogP contribution in [-0.2, 0) is 0 Å². The van der Waals surface area contributed by atoms with Gasteiger partial charge >= 0.3 is 0 Å². The van der Waals surface area contributed by atoms with Crippen LogP contribution in [0.15, 0.2) is 35.4 Å². The molecule has 0 saturated carbocycles. The Morgan fingerprint density at radius 2 is 2.00 bits per heavy atom. The molecule has 0 aliphatic heterocycles. The molecule has 2 aromatic rings. The van der Waals surface area contributed by atoms with Gasteiger partial charge in [-0.1, -0.05) is 37.3 Å². The monoisotopic (exact) mass is 241 g/mol. The van der Waals surface area contributed by atoms with Crippen LogP contribution in [0.4, 0.5) is 5.95 Å². The lowest BCUT2D eigenvalue weighted by atomic mass is 10.1. The molecule has 5 heteroatoms. The van der Waals surface area contributed by atoms with E-state index in [9.17, 15) is 0 Å². The van der Waals surface area contributed by atoms with E-state index in [0.717, 1.165) is 23.4 Å². The van der Waals surface area contributed by atoms with Crippen molar-refractivity contribution in [2.45, 2.75) is 20.3 Å². The van der Waals surface area contributed by atoms with Crippen molar-refractivity contribution in [1.29, 1.82) is 0 Å². The molecule has 1 aromatic carbocycles. The third-order valence-electron chi connectivity index (χ3n) is 2.35. The third-order valence-corrected chi connectivity index (χ3v) is 2.35. The quantitative estimate of drug-likeness (QED) is 0.660. The molecule has 2 rings (SSSR count). The molecule has 0 aliphatic rings. The minimum Gasteiger partial charge on any atom is -0.244 e. The highest BCUT2D eigenvalue weighted by Crippen LogP contribution is 2.18. The highest BCUT2D eigenvalue weighted by molar-refractivity contribution is 5.61. The number of benzene rings is 1. The summed E-state index contributed by atoms with van der Waals surface area (Å²) in [6.07, 6.45) is 2.62. The van der Waals surface area contributed by atoms with Crippen LogP contribution in [0.25, 0.3) is 11.3 Å². The molecule has 1 N–H and O–H groups in total. The van der Waals surface area contributed by atoms with E-state index < -0.39 is 0 Å². The SMILES string of the molecule is CC/C=N/Nc1nnc(-c2ccccc2)c(C)n1. The van der Waals surface area contributed by atoms with Gasteiger partial charge in [-0.3, -0.25) is 0 Å². The molecule has 1 heterocycles. The Labute approximate surface area is 106 Å². The van der Waals surface area contributed by atoms with E-state index in [1.165, 1.54) is 0 Å². The number of aryl methyl sites for hydroxylation is 1. The van der Waals surface area contributed by atoms with Gasteiger partial charge < -0.3 is 0 Å². The van der Waals surface area contributed by atoms with Gasteiger partial charge in [0.25, 0.3) is 5.95 Å². The molecule has 0 saturated heterocycles. The highest BCUT2D eigenvalue weighted by Gasteiger charge is 2.06. The number of nitrogens with one attached hydrogen (secondary N) is 1. The van der Waals surface area contributed by atoms with Crippen molar-refractivity contribution in [2.75, 3.05) is 5.43 Å². The number of hydrazone groups is 1. The molecule has 0 atom stereocenters. The van der Waals surface area contributed by atoms with Gasteiger partial charge in [0.1, 0.15) is 5.69 Å². The standard InChI is InChI=1S/C13H15N5/c1-3-9-14-17-13-15-10(2)12(16-18-13)11-7-5-4-6-8-11/h4-9H,3H2,1-2H3,(H,15,17,18)/b14-9+. The fraction of sp³-hybridized carbons (Fsp3) is 0.231. The number of rotatable bonds is 4. The number of nitrogens with zero attached hydrogens (tertiary/aromatic N) is 4. The molecule has 92 valence electrons. The molecule has 0 aliphatic carbocycles. The van der Waals surface area contributed by atoms with Crippen LogP contribution in [0.1, 0.15) is 19.0 Å². The fourth-order valence-electron chi connectivity index (χ4n) is 1.51. The van der Waals surface area contributed by atoms with Gasteiger partial charge in [-0.15, -0.1) is 10.2 Å². The van der Waals surface area contributed by atoms with Gasteiger partial charge in [-0.25, -0.2) is 10.4 Å². The largest absolute Gasteiger partial charge is 0.263 e. The first-order valence-corrected chi connectivity index (χ1v) is 5.85. The van der Waals surface area contributed by atoms with Crippen molar-refractivity contribution in [2.24, 2.45) is 5.10 Å². The van der Waals surface area contributed by atoms with E-state index in [4.69, 9.17) is 0 Å².